The maximum absolute atomic E-state index is 14.0. The highest BCUT2D eigenvalue weighted by atomic mass is 19.1. The zero-order chi connectivity index (χ0) is 13.6. The van der Waals surface area contributed by atoms with E-state index in [-0.39, 0.29) is 5.91 Å². The van der Waals surface area contributed by atoms with Crippen molar-refractivity contribution < 1.29 is 24.1 Å². The molecule has 9 heteroatoms. The van der Waals surface area contributed by atoms with Crippen LogP contribution in [0.1, 0.15) is 0 Å². The van der Waals surface area contributed by atoms with Gasteiger partial charge in [0.1, 0.15) is 12.2 Å². The first-order valence-corrected chi connectivity index (χ1v) is 5.84. The number of rotatable bonds is 2. The topological polar surface area (TPSA) is 107 Å². The minimum absolute atomic E-state index is 0.327. The minimum atomic E-state index is -1.71. The summed E-state index contributed by atoms with van der Waals surface area (Å²) in [4.78, 5) is 20.9. The molecule has 0 aromatic carbocycles. The number of alkyl halides is 1. The number of ether oxygens (including phenoxy) is 1. The van der Waals surface area contributed by atoms with Crippen LogP contribution in [0.2, 0.25) is 0 Å². The van der Waals surface area contributed by atoms with Gasteiger partial charge in [-0.25, -0.2) is 9.38 Å². The maximum atomic E-state index is 14.0. The average Bonchev–Trinajstić information content (AvgIpc) is 2.94. The Kier molecular flexibility index (Phi) is 2.96. The fourth-order valence-corrected chi connectivity index (χ4v) is 2.39. The van der Waals surface area contributed by atoms with Crippen LogP contribution in [0.3, 0.4) is 0 Å². The largest absolute Gasteiger partial charge is 0.394 e. The summed E-state index contributed by atoms with van der Waals surface area (Å²) in [6, 6.07) is -0.744. The fraction of sp³-hybridized carbons (Fsp3) is 0.700. The molecule has 3 N–H and O–H groups in total. The van der Waals surface area contributed by atoms with Crippen LogP contribution in [0.15, 0.2) is 9.98 Å². The number of halogens is 1. The summed E-state index contributed by atoms with van der Waals surface area (Å²) in [7, 11) is 0. The summed E-state index contributed by atoms with van der Waals surface area (Å²) < 4.78 is 19.2. The highest BCUT2D eigenvalue weighted by Crippen LogP contribution is 2.30. The fourth-order valence-electron chi connectivity index (χ4n) is 2.39. The van der Waals surface area contributed by atoms with E-state index in [0.717, 1.165) is 0 Å². The van der Waals surface area contributed by atoms with Gasteiger partial charge < -0.3 is 25.2 Å². The monoisotopic (exact) mass is 272 g/mol. The van der Waals surface area contributed by atoms with E-state index in [4.69, 9.17) is 9.84 Å². The first-order chi connectivity index (χ1) is 9.13. The molecule has 104 valence electrons. The van der Waals surface area contributed by atoms with Crippen LogP contribution >= 0.6 is 0 Å². The predicted octanol–water partition coefficient (Wildman–Crippen LogP) is -2.40. The first kappa shape index (κ1) is 12.5. The third-order valence-electron chi connectivity index (χ3n) is 3.42. The van der Waals surface area contributed by atoms with Crippen LogP contribution in [-0.4, -0.2) is 77.1 Å². The van der Waals surface area contributed by atoms with Gasteiger partial charge in [0.15, 0.2) is 24.6 Å². The number of hydrogen-bond acceptors (Lipinski definition) is 7. The summed E-state index contributed by atoms with van der Waals surface area (Å²) in [6.45, 7) is -0.485. The number of nitrogens with one attached hydrogen (secondary N) is 1. The summed E-state index contributed by atoms with van der Waals surface area (Å²) in [5.41, 5.74) is 0. The predicted molar refractivity (Wildman–Crippen MR) is 61.2 cm³/mol. The van der Waals surface area contributed by atoms with E-state index >= 15 is 0 Å². The van der Waals surface area contributed by atoms with Gasteiger partial charge in [0.05, 0.1) is 19.3 Å². The number of amides is 1. The van der Waals surface area contributed by atoms with Crippen molar-refractivity contribution in [2.75, 3.05) is 6.61 Å². The maximum Gasteiger partial charge on any atom is 0.254 e. The summed E-state index contributed by atoms with van der Waals surface area (Å²) in [5, 5.41) is 21.0. The van der Waals surface area contributed by atoms with Crippen molar-refractivity contribution in [1.82, 2.24) is 10.2 Å². The van der Waals surface area contributed by atoms with Crippen LogP contribution in [-0.2, 0) is 9.53 Å². The van der Waals surface area contributed by atoms with E-state index in [1.807, 2.05) is 0 Å². The van der Waals surface area contributed by atoms with E-state index in [1.165, 1.54) is 17.6 Å². The van der Waals surface area contributed by atoms with Crippen LogP contribution < -0.4 is 5.32 Å². The smallest absolute Gasteiger partial charge is 0.254 e. The molecule has 0 aliphatic carbocycles. The van der Waals surface area contributed by atoms with Crippen molar-refractivity contribution in [3.05, 3.63) is 0 Å². The SMILES string of the molecule is O=C1NC=NC2C1N=CN2C1O[C@@H](CO)[C@H](O)[C@H]1F. The minimum Gasteiger partial charge on any atom is -0.394 e. The number of aliphatic imine (C=N–C) groups is 2. The van der Waals surface area contributed by atoms with Crippen LogP contribution in [0.25, 0.3) is 0 Å². The van der Waals surface area contributed by atoms with Crippen molar-refractivity contribution in [3.8, 4) is 0 Å². The Morgan fingerprint density at radius 2 is 2.32 bits per heavy atom. The molecule has 0 aromatic rings. The Hall–Kier alpha value is -1.58. The number of fused-ring (bicyclic) bond motifs is 1. The van der Waals surface area contributed by atoms with Gasteiger partial charge in [-0.15, -0.1) is 0 Å². The van der Waals surface area contributed by atoms with Gasteiger partial charge in [-0.2, -0.15) is 0 Å². The van der Waals surface area contributed by atoms with Crippen molar-refractivity contribution in [1.29, 1.82) is 0 Å². The number of hydrogen-bond donors (Lipinski definition) is 3. The molecular weight excluding hydrogens is 259 g/mol. The zero-order valence-corrected chi connectivity index (χ0v) is 9.76. The Morgan fingerprint density at radius 1 is 1.53 bits per heavy atom. The van der Waals surface area contributed by atoms with Crippen molar-refractivity contribution >= 4 is 18.6 Å². The highest BCUT2D eigenvalue weighted by Gasteiger charge is 2.51. The summed E-state index contributed by atoms with van der Waals surface area (Å²) >= 11 is 0. The van der Waals surface area contributed by atoms with E-state index in [2.05, 4.69) is 15.3 Å². The van der Waals surface area contributed by atoms with Crippen LogP contribution in [0.4, 0.5) is 4.39 Å². The first-order valence-electron chi connectivity index (χ1n) is 5.84. The Labute approximate surface area is 107 Å². The van der Waals surface area contributed by atoms with E-state index in [1.54, 1.807) is 0 Å². The molecule has 0 saturated carbocycles. The number of carbonyl (C=O) groups excluding carboxylic acids is 1. The third-order valence-corrected chi connectivity index (χ3v) is 3.42. The lowest BCUT2D eigenvalue weighted by molar-refractivity contribution is -0.123. The Balaban J connectivity index is 1.81. The number of carbonyl (C=O) groups is 1. The molecule has 3 aliphatic heterocycles. The van der Waals surface area contributed by atoms with Gasteiger partial charge >= 0.3 is 0 Å². The molecule has 1 fully saturated rings. The second-order valence-electron chi connectivity index (χ2n) is 4.54. The Bertz CT molecular complexity index is 445. The van der Waals surface area contributed by atoms with Crippen LogP contribution in [0.5, 0.6) is 0 Å². The zero-order valence-electron chi connectivity index (χ0n) is 9.76. The molecule has 0 radical (unpaired) electrons. The van der Waals surface area contributed by atoms with Gasteiger partial charge in [-0.05, 0) is 0 Å². The molecule has 3 aliphatic rings. The van der Waals surface area contributed by atoms with E-state index in [0.29, 0.717) is 0 Å². The van der Waals surface area contributed by atoms with Gasteiger partial charge in [-0.3, -0.25) is 9.79 Å². The molecular formula is C10H13FN4O4. The molecule has 19 heavy (non-hydrogen) atoms. The molecule has 0 spiro atoms. The average molecular weight is 272 g/mol. The molecule has 1 amide bonds. The van der Waals surface area contributed by atoms with Crippen molar-refractivity contribution in [2.24, 2.45) is 9.98 Å². The second kappa shape index (κ2) is 4.51. The lowest BCUT2D eigenvalue weighted by Gasteiger charge is -2.31. The molecule has 1 saturated heterocycles. The summed E-state index contributed by atoms with van der Waals surface area (Å²) in [6.07, 6.45) is -3.38. The van der Waals surface area contributed by atoms with Crippen LogP contribution in [0, 0.1) is 0 Å². The quantitative estimate of drug-likeness (QED) is 0.519. The third kappa shape index (κ3) is 1.81. The number of aliphatic hydroxyl groups is 2. The van der Waals surface area contributed by atoms with E-state index in [9.17, 15) is 14.3 Å². The van der Waals surface area contributed by atoms with E-state index < -0.39 is 43.4 Å². The highest BCUT2D eigenvalue weighted by molar-refractivity contribution is 5.96. The standard InChI is InChI=1S/C10H13FN4O4/c11-5-7(17)4(1-16)19-10(5)15-3-14-6-8(15)12-2-13-9(6)18/h2-8,10,16-17H,1H2,(H,12,13,18)/t4-,5+,6?,7-,8?,10?/m0/s1. The molecule has 8 nitrogen and oxygen atoms in total. The van der Waals surface area contributed by atoms with Gasteiger partial charge in [0, 0.05) is 0 Å². The van der Waals surface area contributed by atoms with Gasteiger partial charge in [0.2, 0.25) is 0 Å². The number of nitrogens with zero attached hydrogens (tertiary/aromatic N) is 3. The van der Waals surface area contributed by atoms with Gasteiger partial charge in [0.25, 0.3) is 5.91 Å². The second-order valence-corrected chi connectivity index (χ2v) is 4.54. The lowest BCUT2D eigenvalue weighted by atomic mass is 10.1. The van der Waals surface area contributed by atoms with Crippen molar-refractivity contribution in [3.63, 3.8) is 0 Å². The van der Waals surface area contributed by atoms with Gasteiger partial charge in [-0.1, -0.05) is 0 Å². The van der Waals surface area contributed by atoms with Crippen molar-refractivity contribution in [2.45, 2.75) is 36.8 Å². The summed E-state index contributed by atoms with van der Waals surface area (Å²) in [5.74, 6) is -0.327. The molecule has 3 unspecified atom stereocenters. The molecule has 3 heterocycles. The molecule has 0 aromatic heterocycles. The normalized spacial score (nSPS) is 44.6. The molecule has 0 bridgehead atoms. The number of aliphatic hydroxyl groups excluding tert-OH is 2. The molecule has 3 rings (SSSR count). The molecule has 6 atom stereocenters. The Morgan fingerprint density at radius 3 is 3.00 bits per heavy atom. The lowest BCUT2D eigenvalue weighted by Crippen LogP contribution is -2.52.